The Labute approximate surface area is 119 Å². The number of hydrogen-bond donors (Lipinski definition) is 3. The topological polar surface area (TPSA) is 102 Å². The van der Waals surface area contributed by atoms with Crippen LogP contribution >= 0.6 is 0 Å². The van der Waals surface area contributed by atoms with Gasteiger partial charge in [-0.25, -0.2) is 4.79 Å². The second kappa shape index (κ2) is 6.41. The van der Waals surface area contributed by atoms with Gasteiger partial charge in [-0.15, -0.1) is 0 Å². The molecule has 0 radical (unpaired) electrons. The Morgan fingerprint density at radius 3 is 2.55 bits per heavy atom. The van der Waals surface area contributed by atoms with E-state index in [0.717, 1.165) is 5.56 Å². The number of nitrogen functional groups attached to an aromatic ring is 1. The minimum atomic E-state index is -0.774. The highest BCUT2D eigenvalue weighted by Crippen LogP contribution is 2.24. The molecule has 0 aliphatic carbocycles. The van der Waals surface area contributed by atoms with Gasteiger partial charge in [0.15, 0.2) is 0 Å². The molecule has 110 valence electrons. The van der Waals surface area contributed by atoms with Gasteiger partial charge < -0.3 is 21.6 Å². The lowest BCUT2D eigenvalue weighted by Crippen LogP contribution is -2.33. The van der Waals surface area contributed by atoms with Crippen molar-refractivity contribution in [2.24, 2.45) is 11.7 Å². The van der Waals surface area contributed by atoms with E-state index in [2.05, 4.69) is 0 Å². The monoisotopic (exact) mass is 277 g/mol. The summed E-state index contributed by atoms with van der Waals surface area (Å²) in [5, 5.41) is 8.14. The van der Waals surface area contributed by atoms with Crippen LogP contribution in [-0.2, 0) is 4.74 Å². The molecule has 0 aliphatic rings. The summed E-state index contributed by atoms with van der Waals surface area (Å²) in [5.41, 5.74) is 12.1. The molecule has 5 N–H and O–H groups in total. The standard InChI is InChI=1S/C15H23N3O2/c1-10(9-15(2,3)20-14(18)19)8-13(17)11-6-4-5-7-12(11)16/h4-7,10,17H,8-9,16H2,1-3H3,(H2,18,19)/t10-/m1/s1. The fourth-order valence-electron chi connectivity index (χ4n) is 2.46. The lowest BCUT2D eigenvalue weighted by molar-refractivity contribution is 0.0291. The highest BCUT2D eigenvalue weighted by atomic mass is 16.6. The van der Waals surface area contributed by atoms with Gasteiger partial charge in [-0.3, -0.25) is 0 Å². The zero-order valence-electron chi connectivity index (χ0n) is 12.3. The molecule has 1 aromatic carbocycles. The molecule has 20 heavy (non-hydrogen) atoms. The Bertz CT molecular complexity index is 498. The van der Waals surface area contributed by atoms with Gasteiger partial charge in [0.1, 0.15) is 5.60 Å². The molecule has 0 fully saturated rings. The molecule has 5 nitrogen and oxygen atoms in total. The van der Waals surface area contributed by atoms with Crippen LogP contribution in [0.2, 0.25) is 0 Å². The highest BCUT2D eigenvalue weighted by molar-refractivity contribution is 6.02. The maximum absolute atomic E-state index is 10.8. The summed E-state index contributed by atoms with van der Waals surface area (Å²) in [6, 6.07) is 7.34. The van der Waals surface area contributed by atoms with Gasteiger partial charge in [-0.05, 0) is 38.7 Å². The molecule has 0 saturated heterocycles. The van der Waals surface area contributed by atoms with E-state index in [1.54, 1.807) is 6.07 Å². The summed E-state index contributed by atoms with van der Waals surface area (Å²) in [4.78, 5) is 10.8. The van der Waals surface area contributed by atoms with Gasteiger partial charge in [-0.2, -0.15) is 0 Å². The second-order valence-electron chi connectivity index (χ2n) is 5.76. The van der Waals surface area contributed by atoms with Crippen molar-refractivity contribution in [2.75, 3.05) is 5.73 Å². The van der Waals surface area contributed by atoms with Crippen LogP contribution < -0.4 is 11.5 Å². The first-order valence-corrected chi connectivity index (χ1v) is 6.62. The van der Waals surface area contributed by atoms with Gasteiger partial charge in [0, 0.05) is 17.0 Å². The Balaban J connectivity index is 2.63. The smallest absolute Gasteiger partial charge is 0.405 e. The number of anilines is 1. The van der Waals surface area contributed by atoms with Gasteiger partial charge >= 0.3 is 6.09 Å². The average molecular weight is 277 g/mol. The number of nitrogens with one attached hydrogen (secondary N) is 1. The Morgan fingerprint density at radius 1 is 1.40 bits per heavy atom. The van der Waals surface area contributed by atoms with Crippen LogP contribution in [0, 0.1) is 11.3 Å². The van der Waals surface area contributed by atoms with E-state index in [-0.39, 0.29) is 5.92 Å². The number of carbonyl (C=O) groups excluding carboxylic acids is 1. The number of amides is 1. The third-order valence-electron chi connectivity index (χ3n) is 3.06. The third kappa shape index (κ3) is 4.91. The largest absolute Gasteiger partial charge is 0.444 e. The van der Waals surface area contributed by atoms with Gasteiger partial charge in [0.25, 0.3) is 0 Å². The number of rotatable bonds is 6. The van der Waals surface area contributed by atoms with Gasteiger partial charge in [0.2, 0.25) is 0 Å². The molecule has 0 spiro atoms. The predicted octanol–water partition coefficient (Wildman–Crippen LogP) is 2.93. The number of primary amides is 1. The first-order valence-electron chi connectivity index (χ1n) is 6.62. The molecule has 1 atom stereocenters. The molecule has 0 unspecified atom stereocenters. The van der Waals surface area contributed by atoms with E-state index in [0.29, 0.717) is 24.2 Å². The zero-order valence-corrected chi connectivity index (χ0v) is 12.3. The number of carbonyl (C=O) groups is 1. The third-order valence-corrected chi connectivity index (χ3v) is 3.06. The second-order valence-corrected chi connectivity index (χ2v) is 5.76. The van der Waals surface area contributed by atoms with Crippen LogP contribution in [0.4, 0.5) is 10.5 Å². The van der Waals surface area contributed by atoms with Crippen molar-refractivity contribution in [3.63, 3.8) is 0 Å². The van der Waals surface area contributed by atoms with E-state index in [4.69, 9.17) is 21.6 Å². The molecule has 1 aromatic rings. The lowest BCUT2D eigenvalue weighted by atomic mass is 9.89. The normalized spacial score (nSPS) is 12.8. The number of hydrogen-bond acceptors (Lipinski definition) is 4. The molecule has 5 heteroatoms. The van der Waals surface area contributed by atoms with E-state index >= 15 is 0 Å². The molecular formula is C15H23N3O2. The number of benzene rings is 1. The van der Waals surface area contributed by atoms with Crippen LogP contribution in [0.25, 0.3) is 0 Å². The Kier molecular flexibility index (Phi) is 5.13. The Hall–Kier alpha value is -2.04. The van der Waals surface area contributed by atoms with Crippen LogP contribution in [-0.4, -0.2) is 17.4 Å². The zero-order chi connectivity index (χ0) is 15.3. The quantitative estimate of drug-likeness (QED) is 0.550. The molecule has 0 saturated carbocycles. The summed E-state index contributed by atoms with van der Waals surface area (Å²) in [6.45, 7) is 5.64. The van der Waals surface area contributed by atoms with Crippen LogP contribution in [0.5, 0.6) is 0 Å². The lowest BCUT2D eigenvalue weighted by Gasteiger charge is -2.27. The van der Waals surface area contributed by atoms with Crippen molar-refractivity contribution in [3.8, 4) is 0 Å². The van der Waals surface area contributed by atoms with Gasteiger partial charge in [0.05, 0.1) is 0 Å². The van der Waals surface area contributed by atoms with Crippen molar-refractivity contribution in [2.45, 2.75) is 39.2 Å². The fourth-order valence-corrected chi connectivity index (χ4v) is 2.46. The predicted molar refractivity (Wildman–Crippen MR) is 80.8 cm³/mol. The number of nitrogens with two attached hydrogens (primary N) is 2. The average Bonchev–Trinajstić information content (AvgIpc) is 2.25. The molecule has 1 rings (SSSR count). The highest BCUT2D eigenvalue weighted by Gasteiger charge is 2.25. The van der Waals surface area contributed by atoms with Crippen molar-refractivity contribution < 1.29 is 9.53 Å². The van der Waals surface area contributed by atoms with E-state index in [9.17, 15) is 4.79 Å². The fraction of sp³-hybridized carbons (Fsp3) is 0.467. The van der Waals surface area contributed by atoms with Crippen LogP contribution in [0.15, 0.2) is 24.3 Å². The summed E-state index contributed by atoms with van der Waals surface area (Å²) in [5.74, 6) is 0.177. The minimum Gasteiger partial charge on any atom is -0.444 e. The summed E-state index contributed by atoms with van der Waals surface area (Å²) in [6.07, 6.45) is 0.426. The molecule has 0 bridgehead atoms. The van der Waals surface area contributed by atoms with E-state index in [1.807, 2.05) is 39.0 Å². The van der Waals surface area contributed by atoms with Crippen molar-refractivity contribution in [3.05, 3.63) is 29.8 Å². The summed E-state index contributed by atoms with van der Waals surface area (Å²) in [7, 11) is 0. The van der Waals surface area contributed by atoms with Crippen molar-refractivity contribution in [1.82, 2.24) is 0 Å². The Morgan fingerprint density at radius 2 is 2.00 bits per heavy atom. The van der Waals surface area contributed by atoms with E-state index in [1.165, 1.54) is 0 Å². The van der Waals surface area contributed by atoms with Gasteiger partial charge in [-0.1, -0.05) is 25.1 Å². The first-order chi connectivity index (χ1) is 9.21. The maximum atomic E-state index is 10.8. The molecule has 0 aliphatic heterocycles. The molecule has 1 amide bonds. The SMILES string of the molecule is C[C@H](CC(=N)c1ccccc1N)CC(C)(C)OC(N)=O. The van der Waals surface area contributed by atoms with Crippen molar-refractivity contribution >= 4 is 17.5 Å². The van der Waals surface area contributed by atoms with Crippen LogP contribution in [0.1, 0.15) is 39.2 Å². The summed E-state index contributed by atoms with van der Waals surface area (Å²) < 4.78 is 5.06. The molecular weight excluding hydrogens is 254 g/mol. The molecule has 0 heterocycles. The summed E-state index contributed by atoms with van der Waals surface area (Å²) >= 11 is 0. The first kappa shape index (κ1) is 16.0. The maximum Gasteiger partial charge on any atom is 0.405 e. The molecule has 0 aromatic heterocycles. The number of para-hydroxylation sites is 1. The van der Waals surface area contributed by atoms with Crippen molar-refractivity contribution in [1.29, 1.82) is 5.41 Å². The number of ether oxygens (including phenoxy) is 1. The minimum absolute atomic E-state index is 0.177. The van der Waals surface area contributed by atoms with Crippen LogP contribution in [0.3, 0.4) is 0 Å². The van der Waals surface area contributed by atoms with E-state index < -0.39 is 11.7 Å².